The fraction of sp³-hybridized carbons (Fsp3) is 0.533. The highest BCUT2D eigenvalue weighted by atomic mass is 35.5. The van der Waals surface area contributed by atoms with Gasteiger partial charge in [-0.05, 0) is 39.4 Å². The van der Waals surface area contributed by atoms with Crippen LogP contribution in [-0.2, 0) is 19.4 Å². The number of hydrogen-bond donors (Lipinski definition) is 1. The van der Waals surface area contributed by atoms with Crippen LogP contribution in [-0.4, -0.2) is 16.8 Å². The molecule has 1 unspecified atom stereocenters. The first kappa shape index (κ1) is 15.5. The van der Waals surface area contributed by atoms with Gasteiger partial charge in [0, 0.05) is 28.8 Å². The lowest BCUT2D eigenvalue weighted by molar-refractivity contribution is 0.547. The van der Waals surface area contributed by atoms with Crippen LogP contribution < -0.4 is 5.32 Å². The monoisotopic (exact) mass is 311 g/mol. The molecule has 0 saturated carbocycles. The first-order valence-electron chi connectivity index (χ1n) is 7.08. The van der Waals surface area contributed by atoms with Gasteiger partial charge in [-0.25, -0.2) is 0 Å². The molecule has 0 bridgehead atoms. The summed E-state index contributed by atoms with van der Waals surface area (Å²) < 4.78 is 2.01. The summed E-state index contributed by atoms with van der Waals surface area (Å²) in [5.74, 6) is 0. The quantitative estimate of drug-likeness (QED) is 0.874. The zero-order valence-corrected chi connectivity index (χ0v) is 14.1. The maximum absolute atomic E-state index is 6.41. The molecule has 2 heterocycles. The molecule has 3 nitrogen and oxygen atoms in total. The molecule has 0 fully saturated rings. The van der Waals surface area contributed by atoms with E-state index >= 15 is 0 Å². The number of likely N-dealkylation sites (N-methyl/N-ethyl adjacent to an activating group) is 1. The van der Waals surface area contributed by atoms with Gasteiger partial charge in [-0.3, -0.25) is 4.68 Å². The predicted molar refractivity (Wildman–Crippen MR) is 86.8 cm³/mol. The van der Waals surface area contributed by atoms with Crippen molar-refractivity contribution < 1.29 is 0 Å². The Morgan fingerprint density at radius 3 is 2.70 bits per heavy atom. The second kappa shape index (κ2) is 6.74. The Hall–Kier alpha value is -0.840. The molecule has 0 aliphatic heterocycles. The lowest BCUT2D eigenvalue weighted by Crippen LogP contribution is -2.19. The van der Waals surface area contributed by atoms with Gasteiger partial charge >= 0.3 is 0 Å². The fourth-order valence-electron chi connectivity index (χ4n) is 2.37. The van der Waals surface area contributed by atoms with Crippen molar-refractivity contribution in [3.63, 3.8) is 0 Å². The standard InChI is InChI=1S/C15H22ClN3S/c1-5-11-7-8-14(20-11)12(17-4)9-13-15(16)10(3)18-19(13)6-2/h7-8,12,17H,5-6,9H2,1-4H3. The fourth-order valence-corrected chi connectivity index (χ4v) is 3.65. The third-order valence-electron chi connectivity index (χ3n) is 3.57. The van der Waals surface area contributed by atoms with Gasteiger partial charge in [-0.15, -0.1) is 11.3 Å². The molecule has 5 heteroatoms. The van der Waals surface area contributed by atoms with Crippen LogP contribution in [0.3, 0.4) is 0 Å². The Labute approximate surface area is 130 Å². The zero-order valence-electron chi connectivity index (χ0n) is 12.5. The lowest BCUT2D eigenvalue weighted by atomic mass is 10.1. The number of nitrogens with one attached hydrogen (secondary N) is 1. The van der Waals surface area contributed by atoms with E-state index in [-0.39, 0.29) is 0 Å². The Kier molecular flexibility index (Phi) is 5.24. The molecular weight excluding hydrogens is 290 g/mol. The average molecular weight is 312 g/mol. The van der Waals surface area contributed by atoms with Crippen molar-refractivity contribution in [1.29, 1.82) is 0 Å². The Morgan fingerprint density at radius 1 is 1.40 bits per heavy atom. The molecule has 0 aliphatic rings. The topological polar surface area (TPSA) is 29.9 Å². The van der Waals surface area contributed by atoms with Crippen LogP contribution in [0.25, 0.3) is 0 Å². The highest BCUT2D eigenvalue weighted by Crippen LogP contribution is 2.29. The van der Waals surface area contributed by atoms with Crippen molar-refractivity contribution in [3.05, 3.63) is 38.3 Å². The smallest absolute Gasteiger partial charge is 0.0847 e. The summed E-state index contributed by atoms with van der Waals surface area (Å²) >= 11 is 8.28. The summed E-state index contributed by atoms with van der Waals surface area (Å²) in [6, 6.07) is 4.73. The third kappa shape index (κ3) is 3.08. The van der Waals surface area contributed by atoms with Gasteiger partial charge in [0.05, 0.1) is 16.4 Å². The maximum Gasteiger partial charge on any atom is 0.0847 e. The van der Waals surface area contributed by atoms with E-state index in [2.05, 4.69) is 36.4 Å². The second-order valence-electron chi connectivity index (χ2n) is 4.86. The second-order valence-corrected chi connectivity index (χ2v) is 6.44. The number of aromatic nitrogens is 2. The molecule has 0 aromatic carbocycles. The van der Waals surface area contributed by atoms with Crippen LogP contribution >= 0.6 is 22.9 Å². The molecule has 0 spiro atoms. The van der Waals surface area contributed by atoms with E-state index in [1.807, 2.05) is 30.0 Å². The SMILES string of the molecule is CCc1ccc(C(Cc2c(Cl)c(C)nn2CC)NC)s1. The number of halogens is 1. The maximum atomic E-state index is 6.41. The minimum Gasteiger partial charge on any atom is -0.312 e. The van der Waals surface area contributed by atoms with Crippen LogP contribution in [0.2, 0.25) is 5.02 Å². The van der Waals surface area contributed by atoms with Gasteiger partial charge in [0.1, 0.15) is 0 Å². The van der Waals surface area contributed by atoms with E-state index in [0.717, 1.165) is 35.8 Å². The molecule has 1 N–H and O–H groups in total. The van der Waals surface area contributed by atoms with Gasteiger partial charge in [0.2, 0.25) is 0 Å². The average Bonchev–Trinajstić information content (AvgIpc) is 3.03. The van der Waals surface area contributed by atoms with Gasteiger partial charge < -0.3 is 5.32 Å². The first-order chi connectivity index (χ1) is 9.60. The summed E-state index contributed by atoms with van der Waals surface area (Å²) in [5, 5.41) is 8.70. The summed E-state index contributed by atoms with van der Waals surface area (Å²) in [7, 11) is 2.00. The zero-order chi connectivity index (χ0) is 14.7. The number of thiophene rings is 1. The summed E-state index contributed by atoms with van der Waals surface area (Å²) in [6.45, 7) is 7.11. The molecule has 110 valence electrons. The van der Waals surface area contributed by atoms with Crippen LogP contribution in [0, 0.1) is 6.92 Å². The molecule has 2 aromatic heterocycles. The summed E-state index contributed by atoms with van der Waals surface area (Å²) in [4.78, 5) is 2.79. The van der Waals surface area contributed by atoms with Gasteiger partial charge in [0.15, 0.2) is 0 Å². The van der Waals surface area contributed by atoms with Gasteiger partial charge in [-0.2, -0.15) is 5.10 Å². The van der Waals surface area contributed by atoms with E-state index in [0.29, 0.717) is 6.04 Å². The molecule has 0 radical (unpaired) electrons. The molecule has 2 rings (SSSR count). The number of rotatable bonds is 6. The van der Waals surface area contributed by atoms with Crippen molar-refractivity contribution in [2.75, 3.05) is 7.05 Å². The molecule has 0 aliphatic carbocycles. The third-order valence-corrected chi connectivity index (χ3v) is 5.41. The van der Waals surface area contributed by atoms with Crippen molar-refractivity contribution in [2.45, 2.75) is 46.2 Å². The van der Waals surface area contributed by atoms with Gasteiger partial charge in [0.25, 0.3) is 0 Å². The van der Waals surface area contributed by atoms with E-state index in [9.17, 15) is 0 Å². The van der Waals surface area contributed by atoms with Gasteiger partial charge in [-0.1, -0.05) is 18.5 Å². The van der Waals surface area contributed by atoms with E-state index < -0.39 is 0 Å². The first-order valence-corrected chi connectivity index (χ1v) is 8.27. The molecule has 2 aromatic rings. The minimum atomic E-state index is 0.291. The van der Waals surface area contributed by atoms with E-state index in [1.165, 1.54) is 9.75 Å². The molecule has 0 amide bonds. The van der Waals surface area contributed by atoms with Crippen LogP contribution in [0.4, 0.5) is 0 Å². The molecule has 1 atom stereocenters. The highest BCUT2D eigenvalue weighted by Gasteiger charge is 2.19. The lowest BCUT2D eigenvalue weighted by Gasteiger charge is -2.15. The minimum absolute atomic E-state index is 0.291. The van der Waals surface area contributed by atoms with Crippen molar-refractivity contribution in [2.24, 2.45) is 0 Å². The summed E-state index contributed by atoms with van der Waals surface area (Å²) in [5.41, 5.74) is 2.04. The number of nitrogens with zero attached hydrogens (tertiary/aromatic N) is 2. The van der Waals surface area contributed by atoms with Crippen molar-refractivity contribution in [3.8, 4) is 0 Å². The Bertz CT molecular complexity index is 574. The largest absolute Gasteiger partial charge is 0.312 e. The molecular formula is C15H22ClN3S. The van der Waals surface area contributed by atoms with Crippen molar-refractivity contribution in [1.82, 2.24) is 15.1 Å². The Morgan fingerprint density at radius 2 is 2.15 bits per heavy atom. The highest BCUT2D eigenvalue weighted by molar-refractivity contribution is 7.12. The van der Waals surface area contributed by atoms with Crippen LogP contribution in [0.1, 0.15) is 41.0 Å². The van der Waals surface area contributed by atoms with Crippen molar-refractivity contribution >= 4 is 22.9 Å². The van der Waals surface area contributed by atoms with Crippen LogP contribution in [0.15, 0.2) is 12.1 Å². The number of hydrogen-bond acceptors (Lipinski definition) is 3. The molecule has 0 saturated heterocycles. The normalized spacial score (nSPS) is 12.8. The summed E-state index contributed by atoms with van der Waals surface area (Å²) in [6.07, 6.45) is 1.96. The van der Waals surface area contributed by atoms with E-state index in [1.54, 1.807) is 0 Å². The number of aryl methyl sites for hydroxylation is 3. The molecule has 20 heavy (non-hydrogen) atoms. The predicted octanol–water partition coefficient (Wildman–Crippen LogP) is 3.99. The van der Waals surface area contributed by atoms with Crippen LogP contribution in [0.5, 0.6) is 0 Å². The Balaban J connectivity index is 2.26. The van der Waals surface area contributed by atoms with E-state index in [4.69, 9.17) is 11.6 Å².